The smallest absolute Gasteiger partial charge is 0.331 e. The number of benzene rings is 1. The predicted octanol–water partition coefficient (Wildman–Crippen LogP) is 3.84. The van der Waals surface area contributed by atoms with Crippen LogP contribution in [0.15, 0.2) is 54.7 Å². The largest absolute Gasteiger partial charge is 0.452 e. The number of amides is 1. The number of pyridine rings is 1. The summed E-state index contributed by atoms with van der Waals surface area (Å²) in [5, 5.41) is 3.34. The van der Waals surface area contributed by atoms with Gasteiger partial charge in [0.1, 0.15) is 5.65 Å². The van der Waals surface area contributed by atoms with E-state index in [4.69, 9.17) is 27.9 Å². The van der Waals surface area contributed by atoms with E-state index in [0.717, 1.165) is 0 Å². The van der Waals surface area contributed by atoms with Crippen molar-refractivity contribution in [2.45, 2.75) is 0 Å². The van der Waals surface area contributed by atoms with Gasteiger partial charge in [-0.15, -0.1) is 0 Å². The van der Waals surface area contributed by atoms with Gasteiger partial charge in [0, 0.05) is 23.0 Å². The Morgan fingerprint density at radius 3 is 2.85 bits per heavy atom. The molecule has 3 rings (SSSR count). The third kappa shape index (κ3) is 4.41. The molecule has 0 unspecified atom stereocenters. The molecule has 2 aromatic heterocycles. The van der Waals surface area contributed by atoms with Crippen LogP contribution in [0, 0.1) is 0 Å². The summed E-state index contributed by atoms with van der Waals surface area (Å²) >= 11 is 11.9. The zero-order valence-corrected chi connectivity index (χ0v) is 14.9. The van der Waals surface area contributed by atoms with E-state index >= 15 is 0 Å². The third-order valence-corrected chi connectivity index (χ3v) is 3.87. The van der Waals surface area contributed by atoms with Gasteiger partial charge in [0.15, 0.2) is 11.8 Å². The SMILES string of the molecule is O=C(COC(=O)/C=C/c1c(Cl)nc2ccccn12)Nc1cccc(Cl)c1. The van der Waals surface area contributed by atoms with Crippen LogP contribution in [-0.2, 0) is 14.3 Å². The number of aromatic nitrogens is 2. The Hall–Kier alpha value is -2.83. The summed E-state index contributed by atoms with van der Waals surface area (Å²) in [4.78, 5) is 27.8. The standard InChI is InChI=1S/C18H13Cl2N3O3/c19-12-4-3-5-13(10-12)21-16(24)11-26-17(25)8-7-14-18(20)22-15-6-1-2-9-23(14)15/h1-10H,11H2,(H,21,24)/b8-7+. The fourth-order valence-electron chi connectivity index (χ4n) is 2.23. The Labute approximate surface area is 159 Å². The summed E-state index contributed by atoms with van der Waals surface area (Å²) in [5.41, 5.74) is 1.72. The van der Waals surface area contributed by atoms with Crippen molar-refractivity contribution in [1.29, 1.82) is 0 Å². The Morgan fingerprint density at radius 1 is 1.19 bits per heavy atom. The highest BCUT2D eigenvalue weighted by Crippen LogP contribution is 2.19. The number of nitrogens with zero attached hydrogens (tertiary/aromatic N) is 2. The molecule has 0 aliphatic carbocycles. The van der Waals surface area contributed by atoms with Crippen molar-refractivity contribution in [1.82, 2.24) is 9.38 Å². The number of halogens is 2. The molecule has 6 nitrogen and oxygen atoms in total. The van der Waals surface area contributed by atoms with Crippen LogP contribution in [0.5, 0.6) is 0 Å². The molecule has 3 aromatic rings. The minimum atomic E-state index is -0.673. The van der Waals surface area contributed by atoms with E-state index in [0.29, 0.717) is 22.1 Å². The van der Waals surface area contributed by atoms with Crippen LogP contribution in [0.1, 0.15) is 5.69 Å². The Balaban J connectivity index is 1.57. The minimum Gasteiger partial charge on any atom is -0.452 e. The van der Waals surface area contributed by atoms with E-state index in [9.17, 15) is 9.59 Å². The molecule has 1 amide bonds. The molecule has 8 heteroatoms. The number of nitrogens with one attached hydrogen (secondary N) is 1. The molecule has 0 bridgehead atoms. The molecule has 0 aliphatic heterocycles. The lowest BCUT2D eigenvalue weighted by Crippen LogP contribution is -2.20. The molecule has 0 atom stereocenters. The quantitative estimate of drug-likeness (QED) is 0.531. The van der Waals surface area contributed by atoms with Crippen LogP contribution >= 0.6 is 23.2 Å². The zero-order valence-electron chi connectivity index (χ0n) is 13.4. The second-order valence-electron chi connectivity index (χ2n) is 5.22. The van der Waals surface area contributed by atoms with Crippen LogP contribution in [0.4, 0.5) is 5.69 Å². The molecule has 0 fully saturated rings. The Morgan fingerprint density at radius 2 is 2.04 bits per heavy atom. The minimum absolute atomic E-state index is 0.263. The number of carbonyl (C=O) groups is 2. The lowest BCUT2D eigenvalue weighted by molar-refractivity contribution is -0.142. The molecule has 0 radical (unpaired) electrons. The third-order valence-electron chi connectivity index (χ3n) is 3.35. The number of hydrogen-bond donors (Lipinski definition) is 1. The van der Waals surface area contributed by atoms with E-state index in [1.165, 1.54) is 12.2 Å². The van der Waals surface area contributed by atoms with Crippen LogP contribution in [0.3, 0.4) is 0 Å². The van der Waals surface area contributed by atoms with Gasteiger partial charge < -0.3 is 10.1 Å². The van der Waals surface area contributed by atoms with E-state index in [1.807, 2.05) is 12.1 Å². The van der Waals surface area contributed by atoms with Crippen LogP contribution < -0.4 is 5.32 Å². The van der Waals surface area contributed by atoms with Gasteiger partial charge in [-0.05, 0) is 36.4 Å². The molecule has 26 heavy (non-hydrogen) atoms. The fraction of sp³-hybridized carbons (Fsp3) is 0.0556. The summed E-state index contributed by atoms with van der Waals surface area (Å²) in [5.74, 6) is -1.14. The number of anilines is 1. The van der Waals surface area contributed by atoms with E-state index in [-0.39, 0.29) is 5.15 Å². The van der Waals surface area contributed by atoms with Gasteiger partial charge >= 0.3 is 5.97 Å². The molecule has 0 spiro atoms. The van der Waals surface area contributed by atoms with E-state index < -0.39 is 18.5 Å². The average molecular weight is 390 g/mol. The maximum atomic E-state index is 11.8. The molecule has 132 valence electrons. The van der Waals surface area contributed by atoms with Gasteiger partial charge in [-0.1, -0.05) is 35.3 Å². The van der Waals surface area contributed by atoms with Gasteiger partial charge in [0.25, 0.3) is 5.91 Å². The number of fused-ring (bicyclic) bond motifs is 1. The fourth-order valence-corrected chi connectivity index (χ4v) is 2.66. The van der Waals surface area contributed by atoms with Crippen molar-refractivity contribution in [3.05, 3.63) is 70.6 Å². The summed E-state index contributed by atoms with van der Waals surface area (Å²) in [7, 11) is 0. The maximum absolute atomic E-state index is 11.8. The van der Waals surface area contributed by atoms with E-state index in [1.54, 1.807) is 40.9 Å². The highest BCUT2D eigenvalue weighted by Gasteiger charge is 2.09. The molecule has 1 N–H and O–H groups in total. The maximum Gasteiger partial charge on any atom is 0.331 e. The Kier molecular flexibility index (Phi) is 5.55. The van der Waals surface area contributed by atoms with Crippen molar-refractivity contribution < 1.29 is 14.3 Å². The molecule has 2 heterocycles. The highest BCUT2D eigenvalue weighted by atomic mass is 35.5. The first-order valence-corrected chi connectivity index (χ1v) is 8.31. The number of carbonyl (C=O) groups excluding carboxylic acids is 2. The highest BCUT2D eigenvalue weighted by molar-refractivity contribution is 6.31. The molecule has 0 saturated carbocycles. The van der Waals surface area contributed by atoms with Crippen molar-refractivity contribution in [2.24, 2.45) is 0 Å². The summed E-state index contributed by atoms with van der Waals surface area (Å²) < 4.78 is 6.65. The first-order chi connectivity index (χ1) is 12.5. The topological polar surface area (TPSA) is 72.7 Å². The predicted molar refractivity (Wildman–Crippen MR) is 100 cm³/mol. The summed E-state index contributed by atoms with van der Waals surface area (Å²) in [6.07, 6.45) is 4.45. The lowest BCUT2D eigenvalue weighted by Gasteiger charge is -2.05. The van der Waals surface area contributed by atoms with Crippen molar-refractivity contribution >= 4 is 52.5 Å². The molecule has 0 saturated heterocycles. The molecule has 0 aliphatic rings. The van der Waals surface area contributed by atoms with Crippen LogP contribution in [-0.4, -0.2) is 27.9 Å². The summed E-state index contributed by atoms with van der Waals surface area (Å²) in [6.45, 7) is -0.420. The van der Waals surface area contributed by atoms with Crippen LogP contribution in [0.25, 0.3) is 11.7 Å². The second-order valence-corrected chi connectivity index (χ2v) is 6.01. The number of imidazole rings is 1. The van der Waals surface area contributed by atoms with Gasteiger partial charge in [-0.3, -0.25) is 9.20 Å². The first-order valence-electron chi connectivity index (χ1n) is 7.56. The van der Waals surface area contributed by atoms with Crippen LogP contribution in [0.2, 0.25) is 10.2 Å². The average Bonchev–Trinajstić information content (AvgIpc) is 2.93. The molecular formula is C18H13Cl2N3O3. The number of esters is 1. The lowest BCUT2D eigenvalue weighted by atomic mass is 10.3. The first kappa shape index (κ1) is 18.0. The van der Waals surface area contributed by atoms with Crippen molar-refractivity contribution in [3.8, 4) is 0 Å². The number of ether oxygens (including phenoxy) is 1. The van der Waals surface area contributed by atoms with Crippen molar-refractivity contribution in [2.75, 3.05) is 11.9 Å². The van der Waals surface area contributed by atoms with Crippen molar-refractivity contribution in [3.63, 3.8) is 0 Å². The van der Waals surface area contributed by atoms with E-state index in [2.05, 4.69) is 10.3 Å². The Bertz CT molecular complexity index is 998. The second kappa shape index (κ2) is 8.03. The molecular weight excluding hydrogens is 377 g/mol. The monoisotopic (exact) mass is 389 g/mol. The van der Waals surface area contributed by atoms with Gasteiger partial charge in [0.2, 0.25) is 0 Å². The van der Waals surface area contributed by atoms with Gasteiger partial charge in [0.05, 0.1) is 5.69 Å². The number of hydrogen-bond acceptors (Lipinski definition) is 4. The van der Waals surface area contributed by atoms with Gasteiger partial charge in [-0.2, -0.15) is 0 Å². The molecule has 1 aromatic carbocycles. The van der Waals surface area contributed by atoms with Gasteiger partial charge in [-0.25, -0.2) is 9.78 Å². The summed E-state index contributed by atoms with van der Waals surface area (Å²) in [6, 6.07) is 12.1. The zero-order chi connectivity index (χ0) is 18.5. The number of rotatable bonds is 5. The normalized spacial score (nSPS) is 11.0.